The summed E-state index contributed by atoms with van der Waals surface area (Å²) in [5, 5.41) is 5.26. The summed E-state index contributed by atoms with van der Waals surface area (Å²) < 4.78 is 55.3. The van der Waals surface area contributed by atoms with Gasteiger partial charge in [-0.15, -0.1) is 0 Å². The van der Waals surface area contributed by atoms with E-state index in [4.69, 9.17) is 0 Å². The van der Waals surface area contributed by atoms with E-state index in [1.165, 1.54) is 30.5 Å². The van der Waals surface area contributed by atoms with E-state index in [9.17, 15) is 22.4 Å². The Labute approximate surface area is 171 Å². The number of hydrogen-bond acceptors (Lipinski definition) is 4. The second kappa shape index (κ2) is 7.64. The topological polar surface area (TPSA) is 47.6 Å². The monoisotopic (exact) mass is 420 g/mol. The zero-order valence-corrected chi connectivity index (χ0v) is 16.2. The predicted octanol–water partition coefficient (Wildman–Crippen LogP) is 4.00. The lowest BCUT2D eigenvalue weighted by Crippen LogP contribution is -2.45. The Morgan fingerprint density at radius 2 is 1.83 bits per heavy atom. The number of anilines is 3. The maximum absolute atomic E-state index is 14.1. The number of alkyl halides is 3. The first kappa shape index (κ1) is 20.2. The molecular formula is C21H20F4N4O. The van der Waals surface area contributed by atoms with E-state index in [1.54, 1.807) is 11.0 Å². The summed E-state index contributed by atoms with van der Waals surface area (Å²) in [4.78, 5) is 15.9. The molecule has 0 saturated carbocycles. The largest absolute Gasteiger partial charge is 0.418 e. The van der Waals surface area contributed by atoms with Crippen LogP contribution in [-0.2, 0) is 11.0 Å². The molecule has 30 heavy (non-hydrogen) atoms. The number of hydrogen-bond donors (Lipinski definition) is 2. The molecule has 0 atom stereocenters. The van der Waals surface area contributed by atoms with Gasteiger partial charge in [-0.1, -0.05) is 6.07 Å². The van der Waals surface area contributed by atoms with Gasteiger partial charge in [0.2, 0.25) is 0 Å². The molecule has 4 rings (SSSR count). The third-order valence-corrected chi connectivity index (χ3v) is 5.30. The number of nitrogens with zero attached hydrogens (tertiary/aromatic N) is 2. The van der Waals surface area contributed by atoms with Gasteiger partial charge in [-0.05, 0) is 37.4 Å². The molecule has 2 aromatic rings. The van der Waals surface area contributed by atoms with Gasteiger partial charge in [-0.3, -0.25) is 4.79 Å². The van der Waals surface area contributed by atoms with Gasteiger partial charge in [0.15, 0.2) is 0 Å². The average molecular weight is 420 g/mol. The van der Waals surface area contributed by atoms with Crippen molar-refractivity contribution in [1.29, 1.82) is 0 Å². The summed E-state index contributed by atoms with van der Waals surface area (Å²) in [5.74, 6) is -1.10. The smallest absolute Gasteiger partial charge is 0.368 e. The summed E-state index contributed by atoms with van der Waals surface area (Å²) in [6.07, 6.45) is -3.30. The number of nitrogens with one attached hydrogen (secondary N) is 2. The molecule has 0 spiro atoms. The Bertz CT molecular complexity index is 1010. The first-order valence-electron chi connectivity index (χ1n) is 9.46. The molecule has 2 aromatic carbocycles. The van der Waals surface area contributed by atoms with Crippen LogP contribution in [0.1, 0.15) is 11.1 Å². The lowest BCUT2D eigenvalue weighted by Gasteiger charge is -2.35. The highest BCUT2D eigenvalue weighted by molar-refractivity contribution is 6.31. The average Bonchev–Trinajstić information content (AvgIpc) is 3.02. The number of fused-ring (bicyclic) bond motifs is 1. The van der Waals surface area contributed by atoms with Gasteiger partial charge >= 0.3 is 6.18 Å². The van der Waals surface area contributed by atoms with Crippen molar-refractivity contribution in [3.8, 4) is 0 Å². The van der Waals surface area contributed by atoms with Gasteiger partial charge in [0.25, 0.3) is 5.91 Å². The quantitative estimate of drug-likeness (QED) is 0.582. The Hall–Kier alpha value is -3.07. The summed E-state index contributed by atoms with van der Waals surface area (Å²) in [5.41, 5.74) is -0.0126. The van der Waals surface area contributed by atoms with E-state index >= 15 is 0 Å². The highest BCUT2D eigenvalue weighted by Gasteiger charge is 2.36. The molecule has 1 fully saturated rings. The van der Waals surface area contributed by atoms with Crippen LogP contribution < -0.4 is 15.5 Å². The maximum atomic E-state index is 14.1. The zero-order chi connectivity index (χ0) is 21.5. The van der Waals surface area contributed by atoms with E-state index < -0.39 is 23.5 Å². The molecule has 0 aromatic heterocycles. The first-order valence-corrected chi connectivity index (χ1v) is 9.46. The van der Waals surface area contributed by atoms with Crippen molar-refractivity contribution in [3.05, 3.63) is 59.5 Å². The lowest BCUT2D eigenvalue weighted by molar-refractivity contribution is -0.137. The van der Waals surface area contributed by atoms with Crippen LogP contribution in [-0.4, -0.2) is 44.0 Å². The number of likely N-dealkylation sites (N-methyl/N-ethyl adjacent to an activating group) is 1. The Kier molecular flexibility index (Phi) is 5.15. The molecule has 2 aliphatic heterocycles. The fraction of sp³-hybridized carbons (Fsp3) is 0.286. The number of amides is 1. The summed E-state index contributed by atoms with van der Waals surface area (Å²) in [6, 6.07) is 8.22. The van der Waals surface area contributed by atoms with Gasteiger partial charge in [0.1, 0.15) is 5.82 Å². The van der Waals surface area contributed by atoms with Crippen LogP contribution in [0.5, 0.6) is 0 Å². The molecule has 2 aliphatic rings. The fourth-order valence-electron chi connectivity index (χ4n) is 3.67. The van der Waals surface area contributed by atoms with Crippen molar-refractivity contribution in [3.63, 3.8) is 0 Å². The van der Waals surface area contributed by atoms with Gasteiger partial charge in [-0.25, -0.2) is 4.39 Å². The van der Waals surface area contributed by atoms with Crippen LogP contribution in [0.3, 0.4) is 0 Å². The molecule has 0 aliphatic carbocycles. The minimum absolute atomic E-state index is 0.0276. The molecule has 0 bridgehead atoms. The third kappa shape index (κ3) is 3.85. The minimum Gasteiger partial charge on any atom is -0.368 e. The summed E-state index contributed by atoms with van der Waals surface area (Å²) in [7, 11) is 1.93. The van der Waals surface area contributed by atoms with Crippen LogP contribution in [0.15, 0.2) is 42.6 Å². The number of piperazine rings is 1. The molecule has 5 nitrogen and oxygen atoms in total. The van der Waals surface area contributed by atoms with E-state index in [1.807, 2.05) is 7.05 Å². The van der Waals surface area contributed by atoms with Crippen LogP contribution in [0.4, 0.5) is 34.6 Å². The molecule has 1 amide bonds. The molecule has 9 heteroatoms. The molecule has 1 saturated heterocycles. The summed E-state index contributed by atoms with van der Waals surface area (Å²) in [6.45, 7) is 2.38. The Morgan fingerprint density at radius 3 is 2.53 bits per heavy atom. The number of carbonyl (C=O) groups is 1. The highest BCUT2D eigenvalue weighted by Crippen LogP contribution is 2.39. The molecule has 0 radical (unpaired) electrons. The molecule has 2 N–H and O–H groups in total. The van der Waals surface area contributed by atoms with Crippen molar-refractivity contribution >= 4 is 28.5 Å². The predicted molar refractivity (Wildman–Crippen MR) is 108 cm³/mol. The Balaban J connectivity index is 1.63. The fourth-order valence-corrected chi connectivity index (χ4v) is 3.67. The number of carbonyl (C=O) groups excluding carboxylic acids is 1. The minimum atomic E-state index is -4.53. The number of benzene rings is 2. The SMILES string of the molecule is CN1CCN(c2ccc(N/C=C3/C(=O)Nc4cccc(F)c43)cc2C(F)(F)F)CC1. The van der Waals surface area contributed by atoms with Gasteiger partial charge in [0, 0.05) is 49.3 Å². The molecule has 0 unspecified atom stereocenters. The number of rotatable bonds is 3. The standard InChI is InChI=1S/C21H20F4N4O/c1-28-7-9-29(10-8-28)18-6-5-13(11-15(18)21(23,24)25)26-12-14-19-16(22)3-2-4-17(19)27-20(14)30/h2-6,11-12,26H,7-10H2,1H3,(H,27,30)/b14-12+. The molecule has 158 valence electrons. The maximum Gasteiger partial charge on any atom is 0.418 e. The van der Waals surface area contributed by atoms with Gasteiger partial charge in [0.05, 0.1) is 16.8 Å². The van der Waals surface area contributed by atoms with E-state index in [0.29, 0.717) is 31.9 Å². The lowest BCUT2D eigenvalue weighted by atomic mass is 10.1. The van der Waals surface area contributed by atoms with Gasteiger partial charge < -0.3 is 20.4 Å². The van der Waals surface area contributed by atoms with Crippen molar-refractivity contribution < 1.29 is 22.4 Å². The molecule has 2 heterocycles. The first-order chi connectivity index (χ1) is 14.2. The summed E-state index contributed by atoms with van der Waals surface area (Å²) >= 11 is 0. The Morgan fingerprint density at radius 1 is 1.10 bits per heavy atom. The van der Waals surface area contributed by atoms with Crippen LogP contribution in [0.2, 0.25) is 0 Å². The number of halogens is 4. The van der Waals surface area contributed by atoms with Crippen LogP contribution in [0.25, 0.3) is 5.57 Å². The van der Waals surface area contributed by atoms with Crippen molar-refractivity contribution in [2.45, 2.75) is 6.18 Å². The van der Waals surface area contributed by atoms with Crippen molar-refractivity contribution in [2.24, 2.45) is 0 Å². The van der Waals surface area contributed by atoms with E-state index in [-0.39, 0.29) is 22.5 Å². The second-order valence-electron chi connectivity index (χ2n) is 7.34. The third-order valence-electron chi connectivity index (χ3n) is 5.30. The van der Waals surface area contributed by atoms with Gasteiger partial charge in [-0.2, -0.15) is 13.2 Å². The van der Waals surface area contributed by atoms with Crippen LogP contribution in [0, 0.1) is 5.82 Å². The highest BCUT2D eigenvalue weighted by atomic mass is 19.4. The van der Waals surface area contributed by atoms with Crippen molar-refractivity contribution in [1.82, 2.24) is 4.90 Å². The van der Waals surface area contributed by atoms with E-state index in [0.717, 1.165) is 6.07 Å². The molecular weight excluding hydrogens is 400 g/mol. The van der Waals surface area contributed by atoms with Crippen LogP contribution >= 0.6 is 0 Å². The normalized spacial score (nSPS) is 18.5. The van der Waals surface area contributed by atoms with E-state index in [2.05, 4.69) is 15.5 Å². The zero-order valence-electron chi connectivity index (χ0n) is 16.2. The second-order valence-corrected chi connectivity index (χ2v) is 7.34. The van der Waals surface area contributed by atoms with Crippen molar-refractivity contribution in [2.75, 3.05) is 48.8 Å².